The van der Waals surface area contributed by atoms with Gasteiger partial charge in [0.05, 0.1) is 11.9 Å². The van der Waals surface area contributed by atoms with E-state index in [0.29, 0.717) is 11.8 Å². The van der Waals surface area contributed by atoms with Crippen molar-refractivity contribution in [3.05, 3.63) is 70.6 Å². The van der Waals surface area contributed by atoms with Gasteiger partial charge in [-0.05, 0) is 45.2 Å². The van der Waals surface area contributed by atoms with Crippen molar-refractivity contribution < 1.29 is 0 Å². The average Bonchev–Trinajstić information content (AvgIpc) is 3.55. The van der Waals surface area contributed by atoms with Gasteiger partial charge in [0, 0.05) is 45.8 Å². The minimum atomic E-state index is 0.393. The smallest absolute Gasteiger partial charge is 0.109 e. The monoisotopic (exact) mass is 437 g/mol. The molecule has 0 saturated carbocycles. The quantitative estimate of drug-likeness (QED) is 0.347. The van der Waals surface area contributed by atoms with Gasteiger partial charge in [-0.2, -0.15) is 0 Å². The molecule has 0 radical (unpaired) electrons. The number of benzene rings is 2. The largest absolute Gasteiger partial charge is 0.342 e. The lowest BCUT2D eigenvalue weighted by atomic mass is 9.93. The van der Waals surface area contributed by atoms with E-state index < -0.39 is 0 Å². The molecule has 2 aromatic carbocycles. The molecular weight excluding hydrogens is 410 g/mol. The fraction of sp³-hybridized carbons (Fsp3) is 0.286. The summed E-state index contributed by atoms with van der Waals surface area (Å²) in [5.41, 5.74) is 11.8. The van der Waals surface area contributed by atoms with Crippen LogP contribution in [0.15, 0.2) is 58.7 Å². The lowest BCUT2D eigenvalue weighted by Gasteiger charge is -2.12. The van der Waals surface area contributed by atoms with Crippen molar-refractivity contribution in [2.24, 2.45) is 10.9 Å². The van der Waals surface area contributed by atoms with Crippen molar-refractivity contribution in [1.29, 1.82) is 0 Å². The molecule has 160 valence electrons. The molecule has 4 heteroatoms. The molecule has 0 bridgehead atoms. The molecule has 0 amide bonds. The topological polar surface area (TPSA) is 41.0 Å². The number of thiophene rings is 1. The van der Waals surface area contributed by atoms with Crippen LogP contribution in [0.1, 0.15) is 57.0 Å². The molecule has 0 atom stereocenters. The second kappa shape index (κ2) is 7.28. The van der Waals surface area contributed by atoms with Crippen molar-refractivity contribution in [3.63, 3.8) is 0 Å². The Labute approximate surface area is 193 Å². The predicted octanol–water partition coefficient (Wildman–Crippen LogP) is 7.85. The van der Waals surface area contributed by atoms with Gasteiger partial charge in [-0.15, -0.1) is 11.3 Å². The number of hydrogen-bond acceptors (Lipinski definition) is 3. The summed E-state index contributed by atoms with van der Waals surface area (Å²) in [7, 11) is 0. The van der Waals surface area contributed by atoms with Crippen molar-refractivity contribution in [3.8, 4) is 22.4 Å². The third kappa shape index (κ3) is 3.01. The normalized spacial score (nSPS) is 15.2. The predicted molar refractivity (Wildman–Crippen MR) is 136 cm³/mol. The van der Waals surface area contributed by atoms with Crippen molar-refractivity contribution in [2.45, 2.75) is 46.5 Å². The number of aliphatic imine (C=N–C) groups is 1. The van der Waals surface area contributed by atoms with Crippen LogP contribution in [-0.2, 0) is 6.42 Å². The lowest BCUT2D eigenvalue weighted by molar-refractivity contribution is 0.795. The van der Waals surface area contributed by atoms with Gasteiger partial charge in [0.25, 0.3) is 0 Å². The summed E-state index contributed by atoms with van der Waals surface area (Å²) in [6.45, 7) is 8.82. The van der Waals surface area contributed by atoms with Gasteiger partial charge in [-0.25, -0.2) is 4.98 Å². The Hall–Kier alpha value is -2.98. The first kappa shape index (κ1) is 19.7. The highest BCUT2D eigenvalue weighted by Crippen LogP contribution is 2.44. The Bertz CT molecular complexity index is 1430. The van der Waals surface area contributed by atoms with Gasteiger partial charge >= 0.3 is 0 Å². The lowest BCUT2D eigenvalue weighted by Crippen LogP contribution is -2.05. The molecule has 2 aromatic heterocycles. The van der Waals surface area contributed by atoms with Crippen LogP contribution in [0.4, 0.5) is 0 Å². The number of nitrogens with zero attached hydrogens (tertiary/aromatic N) is 2. The van der Waals surface area contributed by atoms with Crippen LogP contribution >= 0.6 is 11.3 Å². The van der Waals surface area contributed by atoms with Crippen LogP contribution in [0.2, 0.25) is 0 Å². The second-order valence-electron chi connectivity index (χ2n) is 9.57. The van der Waals surface area contributed by atoms with Gasteiger partial charge in [-0.3, -0.25) is 4.99 Å². The summed E-state index contributed by atoms with van der Waals surface area (Å²) in [6.07, 6.45) is 3.95. The van der Waals surface area contributed by atoms with E-state index in [1.165, 1.54) is 54.9 Å². The van der Waals surface area contributed by atoms with Crippen molar-refractivity contribution in [2.75, 3.05) is 0 Å². The van der Waals surface area contributed by atoms with Crippen molar-refractivity contribution >= 4 is 32.7 Å². The maximum Gasteiger partial charge on any atom is 0.109 e. The molecule has 0 unspecified atom stereocenters. The number of fused-ring (bicyclic) bond motifs is 3. The van der Waals surface area contributed by atoms with E-state index in [-0.39, 0.29) is 0 Å². The Morgan fingerprint density at radius 3 is 2.50 bits per heavy atom. The summed E-state index contributed by atoms with van der Waals surface area (Å²) >= 11 is 1.80. The van der Waals surface area contributed by atoms with Crippen molar-refractivity contribution in [1.82, 2.24) is 9.97 Å². The minimum Gasteiger partial charge on any atom is -0.342 e. The Morgan fingerprint density at radius 1 is 0.906 bits per heavy atom. The molecule has 1 aliphatic carbocycles. The zero-order valence-corrected chi connectivity index (χ0v) is 19.8. The maximum atomic E-state index is 4.96. The average molecular weight is 438 g/mol. The van der Waals surface area contributed by atoms with Gasteiger partial charge in [0.15, 0.2) is 0 Å². The first-order valence-electron chi connectivity index (χ1n) is 11.5. The molecule has 3 nitrogen and oxygen atoms in total. The van der Waals surface area contributed by atoms with E-state index in [2.05, 4.69) is 79.4 Å². The van der Waals surface area contributed by atoms with Crippen LogP contribution in [0.25, 0.3) is 38.0 Å². The highest BCUT2D eigenvalue weighted by Gasteiger charge is 2.28. The number of aromatic nitrogens is 2. The molecule has 2 aliphatic rings. The molecule has 1 N–H and O–H groups in total. The zero-order valence-electron chi connectivity index (χ0n) is 19.0. The molecular formula is C28H27N3S. The maximum absolute atomic E-state index is 4.96. The van der Waals surface area contributed by atoms with E-state index in [9.17, 15) is 0 Å². The number of rotatable bonds is 4. The first-order valence-corrected chi connectivity index (χ1v) is 12.4. The summed E-state index contributed by atoms with van der Waals surface area (Å²) in [5, 5.41) is 3.51. The number of imidazole rings is 1. The summed E-state index contributed by atoms with van der Waals surface area (Å²) in [4.78, 5) is 13.1. The highest BCUT2D eigenvalue weighted by molar-refractivity contribution is 7.17. The van der Waals surface area contributed by atoms with Crippen LogP contribution in [0.3, 0.4) is 0 Å². The van der Waals surface area contributed by atoms with Crippen LogP contribution < -0.4 is 0 Å². The molecule has 0 spiro atoms. The molecule has 32 heavy (non-hydrogen) atoms. The van der Waals surface area contributed by atoms with Crippen LogP contribution in [0.5, 0.6) is 0 Å². The van der Waals surface area contributed by atoms with Crippen LogP contribution in [0, 0.1) is 5.92 Å². The molecule has 0 saturated heterocycles. The summed E-state index contributed by atoms with van der Waals surface area (Å²) < 4.78 is 1.31. The molecule has 1 aliphatic heterocycles. The number of aromatic amines is 1. The molecule has 0 fully saturated rings. The van der Waals surface area contributed by atoms with E-state index >= 15 is 0 Å². The summed E-state index contributed by atoms with van der Waals surface area (Å²) in [6, 6.07) is 13.8. The van der Waals surface area contributed by atoms with Gasteiger partial charge in [0.1, 0.15) is 5.82 Å². The third-order valence-electron chi connectivity index (χ3n) is 6.80. The zero-order chi connectivity index (χ0) is 22.0. The number of allylic oxidation sites excluding steroid dienone is 2. The highest BCUT2D eigenvalue weighted by atomic mass is 32.1. The SMILES string of the molecule is CC(C)C1=NC2=C(C1)c1ccc(-c3ccc(-c4cnc(C(C)C)[nH]4)c4sccc34)cc1C2. The molecule has 3 heterocycles. The fourth-order valence-corrected chi connectivity index (χ4v) is 5.92. The molecule has 4 aromatic rings. The Balaban J connectivity index is 1.38. The Kier molecular flexibility index (Phi) is 4.48. The van der Waals surface area contributed by atoms with E-state index in [0.717, 1.165) is 24.4 Å². The van der Waals surface area contributed by atoms with E-state index in [1.54, 1.807) is 11.3 Å². The number of hydrogen-bond donors (Lipinski definition) is 1. The van der Waals surface area contributed by atoms with Gasteiger partial charge in [0.2, 0.25) is 0 Å². The number of H-pyrrole nitrogens is 1. The summed E-state index contributed by atoms with van der Waals surface area (Å²) in [5.74, 6) is 1.96. The third-order valence-corrected chi connectivity index (χ3v) is 7.75. The van der Waals surface area contributed by atoms with Gasteiger partial charge in [-0.1, -0.05) is 58.0 Å². The molecule has 6 rings (SSSR count). The fourth-order valence-electron chi connectivity index (χ4n) is 4.97. The van der Waals surface area contributed by atoms with E-state index in [4.69, 9.17) is 4.99 Å². The minimum absolute atomic E-state index is 0.393. The van der Waals surface area contributed by atoms with Gasteiger partial charge < -0.3 is 4.98 Å². The van der Waals surface area contributed by atoms with Crippen LogP contribution in [-0.4, -0.2) is 15.7 Å². The standard InChI is InChI=1S/C28H27N3S/c1-15(2)24-13-23-20-6-5-17(11-18(20)12-25(23)30-24)19-7-8-22(27-21(19)9-10-32-27)26-14-29-28(31-26)16(3)4/h5-11,14-16H,12-13H2,1-4H3,(H,29,31). The first-order chi connectivity index (χ1) is 15.5. The Morgan fingerprint density at radius 2 is 1.72 bits per heavy atom. The second-order valence-corrected chi connectivity index (χ2v) is 10.5. The van der Waals surface area contributed by atoms with E-state index in [1.807, 2.05) is 6.20 Å². The number of nitrogens with one attached hydrogen (secondary N) is 1.